The molecule has 2 aromatic rings. The Labute approximate surface area is 120 Å². The topological polar surface area (TPSA) is 50.9 Å². The summed E-state index contributed by atoms with van der Waals surface area (Å²) >= 11 is 8.39. The fraction of sp³-hybridized carbons (Fsp3) is 0.400. The van der Waals surface area contributed by atoms with E-state index in [9.17, 15) is 5.11 Å². The Kier molecular flexibility index (Phi) is 4.35. The van der Waals surface area contributed by atoms with Gasteiger partial charge in [-0.15, -0.1) is 16.4 Å². The Morgan fingerprint density at radius 2 is 2.29 bits per heavy atom. The molecule has 17 heavy (non-hydrogen) atoms. The Bertz CT molecular complexity index is 511. The molecule has 1 atom stereocenters. The smallest absolute Gasteiger partial charge is 0.124 e. The van der Waals surface area contributed by atoms with Crippen molar-refractivity contribution >= 4 is 43.2 Å². The summed E-state index contributed by atoms with van der Waals surface area (Å²) in [6.07, 6.45) is 1.86. The molecule has 7 heteroatoms. The van der Waals surface area contributed by atoms with E-state index in [0.29, 0.717) is 0 Å². The molecule has 0 aliphatic rings. The third-order valence-electron chi connectivity index (χ3n) is 2.34. The lowest BCUT2D eigenvalue weighted by Crippen LogP contribution is -2.09. The first-order valence-electron chi connectivity index (χ1n) is 5.14. The van der Waals surface area contributed by atoms with Crippen LogP contribution in [0.4, 0.5) is 0 Å². The van der Waals surface area contributed by atoms with Gasteiger partial charge in [0, 0.05) is 12.1 Å². The van der Waals surface area contributed by atoms with Gasteiger partial charge in [0.1, 0.15) is 6.10 Å². The maximum absolute atomic E-state index is 10.3. The number of aliphatic hydroxyl groups excluding tert-OH is 1. The number of hydrogen-bond donors (Lipinski definition) is 1. The van der Waals surface area contributed by atoms with Crippen LogP contribution in [0.3, 0.4) is 0 Å². The Morgan fingerprint density at radius 3 is 2.88 bits per heavy atom. The molecule has 0 amide bonds. The fourth-order valence-corrected chi connectivity index (χ4v) is 4.45. The monoisotopic (exact) mass is 379 g/mol. The summed E-state index contributed by atoms with van der Waals surface area (Å²) in [5.41, 5.74) is 1.55. The van der Waals surface area contributed by atoms with Crippen LogP contribution in [0.2, 0.25) is 0 Å². The molecule has 0 radical (unpaired) electrons. The zero-order valence-corrected chi connectivity index (χ0v) is 13.1. The van der Waals surface area contributed by atoms with Gasteiger partial charge < -0.3 is 5.11 Å². The van der Waals surface area contributed by atoms with Gasteiger partial charge >= 0.3 is 0 Å². The number of halogens is 2. The van der Waals surface area contributed by atoms with Gasteiger partial charge in [-0.2, -0.15) is 0 Å². The number of thiophene rings is 1. The molecule has 1 N–H and O–H groups in total. The minimum absolute atomic E-state index is 0.700. The minimum atomic E-state index is -0.700. The molecule has 0 fully saturated rings. The van der Waals surface area contributed by atoms with E-state index in [2.05, 4.69) is 49.1 Å². The average Bonchev–Trinajstić information content (AvgIpc) is 2.85. The third-order valence-corrected chi connectivity index (χ3v) is 4.73. The van der Waals surface area contributed by atoms with Crippen LogP contribution in [0, 0.1) is 0 Å². The lowest BCUT2D eigenvalue weighted by molar-refractivity contribution is 0.207. The van der Waals surface area contributed by atoms with Crippen LogP contribution in [-0.2, 0) is 6.54 Å². The molecule has 0 saturated heterocycles. The predicted octanol–water partition coefficient (Wildman–Crippen LogP) is 3.36. The van der Waals surface area contributed by atoms with Gasteiger partial charge in [0.25, 0.3) is 0 Å². The molecule has 92 valence electrons. The highest BCUT2D eigenvalue weighted by Gasteiger charge is 2.20. The van der Waals surface area contributed by atoms with Crippen molar-refractivity contribution < 1.29 is 5.11 Å². The number of aromatic nitrogens is 3. The highest BCUT2D eigenvalue weighted by atomic mass is 79.9. The van der Waals surface area contributed by atoms with Gasteiger partial charge in [0.2, 0.25) is 0 Å². The summed E-state index contributed by atoms with van der Waals surface area (Å²) in [6, 6.07) is 1.91. The molecule has 0 aliphatic carbocycles. The number of aliphatic hydroxyl groups is 1. The maximum Gasteiger partial charge on any atom is 0.124 e. The molecule has 2 heterocycles. The van der Waals surface area contributed by atoms with Gasteiger partial charge in [-0.05, 0) is 44.3 Å². The first-order chi connectivity index (χ1) is 8.13. The highest BCUT2D eigenvalue weighted by molar-refractivity contribution is 9.12. The van der Waals surface area contributed by atoms with Crippen LogP contribution in [0.25, 0.3) is 0 Å². The summed E-state index contributed by atoms with van der Waals surface area (Å²) < 4.78 is 3.64. The van der Waals surface area contributed by atoms with Crippen molar-refractivity contribution in [2.24, 2.45) is 0 Å². The zero-order valence-electron chi connectivity index (χ0n) is 9.10. The van der Waals surface area contributed by atoms with Crippen molar-refractivity contribution in [2.75, 3.05) is 0 Å². The van der Waals surface area contributed by atoms with Crippen molar-refractivity contribution in [3.05, 3.63) is 31.1 Å². The van der Waals surface area contributed by atoms with E-state index in [1.54, 1.807) is 10.9 Å². The molecule has 2 aromatic heterocycles. The van der Waals surface area contributed by atoms with Crippen LogP contribution in [0.15, 0.2) is 19.8 Å². The van der Waals surface area contributed by atoms with E-state index in [-0.39, 0.29) is 0 Å². The van der Waals surface area contributed by atoms with Gasteiger partial charge in [-0.1, -0.05) is 12.1 Å². The van der Waals surface area contributed by atoms with E-state index < -0.39 is 6.10 Å². The highest BCUT2D eigenvalue weighted by Crippen LogP contribution is 2.37. The van der Waals surface area contributed by atoms with Crippen LogP contribution >= 0.6 is 43.2 Å². The van der Waals surface area contributed by atoms with Crippen LogP contribution in [-0.4, -0.2) is 20.1 Å². The predicted molar refractivity (Wildman–Crippen MR) is 74.1 cm³/mol. The number of nitrogens with zero attached hydrogens (tertiary/aromatic N) is 3. The van der Waals surface area contributed by atoms with Crippen molar-refractivity contribution in [1.82, 2.24) is 15.0 Å². The van der Waals surface area contributed by atoms with Crippen molar-refractivity contribution in [1.29, 1.82) is 0 Å². The van der Waals surface area contributed by atoms with Crippen molar-refractivity contribution in [3.63, 3.8) is 0 Å². The first kappa shape index (κ1) is 13.2. The van der Waals surface area contributed by atoms with E-state index >= 15 is 0 Å². The Balaban J connectivity index is 2.33. The maximum atomic E-state index is 10.3. The second-order valence-electron chi connectivity index (χ2n) is 3.56. The second kappa shape index (κ2) is 5.60. The molecular weight excluding hydrogens is 370 g/mol. The molecule has 0 aromatic carbocycles. The lowest BCUT2D eigenvalue weighted by atomic mass is 10.1. The molecule has 0 aliphatic heterocycles. The van der Waals surface area contributed by atoms with Crippen molar-refractivity contribution in [3.8, 4) is 0 Å². The van der Waals surface area contributed by atoms with Crippen LogP contribution in [0.1, 0.15) is 30.7 Å². The summed E-state index contributed by atoms with van der Waals surface area (Å²) in [5.74, 6) is 0. The summed E-state index contributed by atoms with van der Waals surface area (Å²) in [7, 11) is 0. The second-order valence-corrected chi connectivity index (χ2v) is 7.31. The lowest BCUT2D eigenvalue weighted by Gasteiger charge is -2.11. The Morgan fingerprint density at radius 1 is 1.53 bits per heavy atom. The number of hydrogen-bond acceptors (Lipinski definition) is 4. The SMILES string of the molecule is CCCn1nncc1C(O)c1cc(Br)sc1Br. The molecule has 0 bridgehead atoms. The molecular formula is C10H11Br2N3OS. The van der Waals surface area contributed by atoms with E-state index in [1.807, 2.05) is 6.07 Å². The number of rotatable bonds is 4. The molecule has 1 unspecified atom stereocenters. The van der Waals surface area contributed by atoms with Crippen LogP contribution in [0.5, 0.6) is 0 Å². The van der Waals surface area contributed by atoms with E-state index in [1.165, 1.54) is 11.3 Å². The fourth-order valence-electron chi connectivity index (χ4n) is 1.56. The average molecular weight is 381 g/mol. The zero-order chi connectivity index (χ0) is 12.4. The van der Waals surface area contributed by atoms with Gasteiger partial charge in [-0.25, -0.2) is 4.68 Å². The largest absolute Gasteiger partial charge is 0.382 e. The number of aryl methyl sites for hydroxylation is 1. The first-order valence-corrected chi connectivity index (χ1v) is 7.55. The summed E-state index contributed by atoms with van der Waals surface area (Å²) in [4.78, 5) is 0. The Hall–Kier alpha value is -0.240. The van der Waals surface area contributed by atoms with Crippen LogP contribution < -0.4 is 0 Å². The minimum Gasteiger partial charge on any atom is -0.382 e. The van der Waals surface area contributed by atoms with Gasteiger partial charge in [0.05, 0.1) is 19.5 Å². The molecule has 0 saturated carbocycles. The van der Waals surface area contributed by atoms with E-state index in [4.69, 9.17) is 0 Å². The molecule has 0 spiro atoms. The van der Waals surface area contributed by atoms with E-state index in [0.717, 1.165) is 31.8 Å². The van der Waals surface area contributed by atoms with Gasteiger partial charge in [0.15, 0.2) is 0 Å². The summed E-state index contributed by atoms with van der Waals surface area (Å²) in [5, 5.41) is 18.2. The molecule has 4 nitrogen and oxygen atoms in total. The summed E-state index contributed by atoms with van der Waals surface area (Å²) in [6.45, 7) is 2.82. The third kappa shape index (κ3) is 2.78. The van der Waals surface area contributed by atoms with Crippen molar-refractivity contribution in [2.45, 2.75) is 26.0 Å². The normalized spacial score (nSPS) is 12.9. The molecule has 2 rings (SSSR count). The van der Waals surface area contributed by atoms with Gasteiger partial charge in [-0.3, -0.25) is 0 Å². The quantitative estimate of drug-likeness (QED) is 0.884. The standard InChI is InChI=1S/C10H11Br2N3OS/c1-2-3-15-7(5-13-14-15)9(16)6-4-8(11)17-10(6)12/h4-5,9,16H,2-3H2,1H3.